The summed E-state index contributed by atoms with van der Waals surface area (Å²) in [5.74, 6) is -0.00582. The zero-order chi connectivity index (χ0) is 16.5. The first-order valence-electron chi connectivity index (χ1n) is 8.76. The molecular weight excluding hydrogens is 326 g/mol. The molecule has 0 aliphatic carbocycles. The Hall–Kier alpha value is -1.66. The minimum absolute atomic E-state index is 0.00582. The molecule has 2 aromatic rings. The molecule has 0 unspecified atom stereocenters. The lowest BCUT2D eigenvalue weighted by Crippen LogP contribution is -2.48. The highest BCUT2D eigenvalue weighted by atomic mass is 35.5. The second-order valence-corrected chi connectivity index (χ2v) is 7.09. The molecular formula is C17H22ClN5O. The molecule has 0 saturated carbocycles. The third kappa shape index (κ3) is 3.13. The number of imidazole rings is 1. The van der Waals surface area contributed by atoms with Gasteiger partial charge in [0.1, 0.15) is 10.8 Å². The molecule has 2 aliphatic rings. The number of amides is 1. The molecule has 2 fully saturated rings. The van der Waals surface area contributed by atoms with E-state index < -0.39 is 0 Å². The molecule has 24 heavy (non-hydrogen) atoms. The van der Waals surface area contributed by atoms with Crippen molar-refractivity contribution in [2.45, 2.75) is 38.1 Å². The summed E-state index contributed by atoms with van der Waals surface area (Å²) in [7, 11) is 0. The van der Waals surface area contributed by atoms with Crippen molar-refractivity contribution < 1.29 is 4.79 Å². The molecule has 0 aromatic carbocycles. The topological polar surface area (TPSA) is 53.7 Å². The van der Waals surface area contributed by atoms with E-state index in [9.17, 15) is 4.79 Å². The van der Waals surface area contributed by atoms with Gasteiger partial charge in [-0.15, -0.1) is 0 Å². The number of aromatic nitrogens is 3. The standard InChI is InChI=1S/C17H22ClN5O/c18-15-4-5-16-19-14(12-23(16)20-15)17(24)22-10-6-13(7-11-22)21-8-2-1-3-9-21/h4-5,12-13H,1-3,6-11H2. The van der Waals surface area contributed by atoms with E-state index in [2.05, 4.69) is 15.0 Å². The number of likely N-dealkylation sites (tertiary alicyclic amines) is 2. The third-order valence-electron chi connectivity index (χ3n) is 5.17. The lowest BCUT2D eigenvalue weighted by Gasteiger charge is -2.40. The number of carbonyl (C=O) groups is 1. The van der Waals surface area contributed by atoms with Crippen LogP contribution in [0.2, 0.25) is 5.15 Å². The second kappa shape index (κ2) is 6.69. The largest absolute Gasteiger partial charge is 0.337 e. The van der Waals surface area contributed by atoms with Gasteiger partial charge < -0.3 is 9.80 Å². The van der Waals surface area contributed by atoms with Crippen LogP contribution in [0.15, 0.2) is 18.3 Å². The number of hydrogen-bond acceptors (Lipinski definition) is 4. The monoisotopic (exact) mass is 347 g/mol. The Bertz CT molecular complexity index is 732. The van der Waals surface area contributed by atoms with Gasteiger partial charge in [0.15, 0.2) is 5.65 Å². The van der Waals surface area contributed by atoms with Crippen molar-refractivity contribution in [1.82, 2.24) is 24.4 Å². The van der Waals surface area contributed by atoms with Crippen molar-refractivity contribution in [3.8, 4) is 0 Å². The van der Waals surface area contributed by atoms with E-state index in [1.54, 1.807) is 22.8 Å². The van der Waals surface area contributed by atoms with Gasteiger partial charge in [-0.1, -0.05) is 18.0 Å². The first-order chi connectivity index (χ1) is 11.7. The fourth-order valence-corrected chi connectivity index (χ4v) is 3.99. The van der Waals surface area contributed by atoms with Crippen LogP contribution in [0.25, 0.3) is 5.65 Å². The average Bonchev–Trinajstić information content (AvgIpc) is 3.05. The van der Waals surface area contributed by atoms with Crippen LogP contribution in [-0.2, 0) is 0 Å². The highest BCUT2D eigenvalue weighted by Crippen LogP contribution is 2.22. The summed E-state index contributed by atoms with van der Waals surface area (Å²) in [6.45, 7) is 4.05. The highest BCUT2D eigenvalue weighted by Gasteiger charge is 2.28. The predicted octanol–water partition coefficient (Wildman–Crippen LogP) is 2.47. The first-order valence-corrected chi connectivity index (χ1v) is 9.14. The lowest BCUT2D eigenvalue weighted by molar-refractivity contribution is 0.0585. The number of nitrogens with zero attached hydrogens (tertiary/aromatic N) is 5. The molecule has 4 heterocycles. The molecule has 4 rings (SSSR count). The van der Waals surface area contributed by atoms with E-state index in [1.807, 2.05) is 4.90 Å². The Labute approximate surface area is 146 Å². The normalized spacial score (nSPS) is 20.6. The Morgan fingerprint density at radius 2 is 1.83 bits per heavy atom. The van der Waals surface area contributed by atoms with E-state index in [1.165, 1.54) is 32.4 Å². The van der Waals surface area contributed by atoms with E-state index in [-0.39, 0.29) is 5.91 Å². The number of piperidine rings is 2. The summed E-state index contributed by atoms with van der Waals surface area (Å²) >= 11 is 5.89. The van der Waals surface area contributed by atoms with Crippen LogP contribution in [0, 0.1) is 0 Å². The van der Waals surface area contributed by atoms with Crippen molar-refractivity contribution in [1.29, 1.82) is 0 Å². The smallest absolute Gasteiger partial charge is 0.274 e. The molecule has 0 spiro atoms. The van der Waals surface area contributed by atoms with Gasteiger partial charge in [0, 0.05) is 19.1 Å². The van der Waals surface area contributed by atoms with Crippen molar-refractivity contribution in [2.75, 3.05) is 26.2 Å². The van der Waals surface area contributed by atoms with E-state index >= 15 is 0 Å². The maximum atomic E-state index is 12.7. The van der Waals surface area contributed by atoms with Crippen molar-refractivity contribution in [3.63, 3.8) is 0 Å². The van der Waals surface area contributed by atoms with E-state index in [4.69, 9.17) is 11.6 Å². The molecule has 2 saturated heterocycles. The predicted molar refractivity (Wildman–Crippen MR) is 92.3 cm³/mol. The maximum Gasteiger partial charge on any atom is 0.274 e. The van der Waals surface area contributed by atoms with Gasteiger partial charge in [-0.05, 0) is 50.9 Å². The molecule has 0 radical (unpaired) electrons. The van der Waals surface area contributed by atoms with E-state index in [0.717, 1.165) is 25.9 Å². The summed E-state index contributed by atoms with van der Waals surface area (Å²) in [5.41, 5.74) is 1.09. The van der Waals surface area contributed by atoms with Gasteiger partial charge in [-0.3, -0.25) is 4.79 Å². The summed E-state index contributed by atoms with van der Waals surface area (Å²) in [5, 5.41) is 4.53. The Balaban J connectivity index is 1.41. The Morgan fingerprint density at radius 3 is 2.58 bits per heavy atom. The number of rotatable bonds is 2. The first kappa shape index (κ1) is 15.8. The molecule has 0 N–H and O–H groups in total. The number of fused-ring (bicyclic) bond motifs is 1. The number of hydrogen-bond donors (Lipinski definition) is 0. The summed E-state index contributed by atoms with van der Waals surface area (Å²) in [6, 6.07) is 4.09. The lowest BCUT2D eigenvalue weighted by atomic mass is 10.00. The van der Waals surface area contributed by atoms with Gasteiger partial charge in [0.25, 0.3) is 5.91 Å². The fraction of sp³-hybridized carbons (Fsp3) is 0.588. The molecule has 2 aliphatic heterocycles. The Morgan fingerprint density at radius 1 is 1.08 bits per heavy atom. The van der Waals surface area contributed by atoms with Gasteiger partial charge in [0.2, 0.25) is 0 Å². The zero-order valence-electron chi connectivity index (χ0n) is 13.7. The molecule has 128 valence electrons. The minimum Gasteiger partial charge on any atom is -0.337 e. The summed E-state index contributed by atoms with van der Waals surface area (Å²) in [4.78, 5) is 21.6. The molecule has 6 nitrogen and oxygen atoms in total. The number of carbonyl (C=O) groups excluding carboxylic acids is 1. The summed E-state index contributed by atoms with van der Waals surface area (Å²) < 4.78 is 1.57. The number of halogens is 1. The summed E-state index contributed by atoms with van der Waals surface area (Å²) in [6.07, 6.45) is 7.78. The molecule has 0 atom stereocenters. The third-order valence-corrected chi connectivity index (χ3v) is 5.37. The van der Waals surface area contributed by atoms with Gasteiger partial charge in [-0.2, -0.15) is 5.10 Å². The van der Waals surface area contributed by atoms with Crippen LogP contribution in [0.3, 0.4) is 0 Å². The molecule has 0 bridgehead atoms. The van der Waals surface area contributed by atoms with Crippen LogP contribution in [0.4, 0.5) is 0 Å². The SMILES string of the molecule is O=C(c1cn2nc(Cl)ccc2n1)N1CCC(N2CCCCC2)CC1. The Kier molecular flexibility index (Phi) is 4.41. The van der Waals surface area contributed by atoms with E-state index in [0.29, 0.717) is 22.5 Å². The fourth-order valence-electron chi connectivity index (χ4n) is 3.84. The van der Waals surface area contributed by atoms with Crippen LogP contribution >= 0.6 is 11.6 Å². The van der Waals surface area contributed by atoms with Crippen molar-refractivity contribution in [2.24, 2.45) is 0 Å². The van der Waals surface area contributed by atoms with Gasteiger partial charge in [-0.25, -0.2) is 9.50 Å². The van der Waals surface area contributed by atoms with Crippen molar-refractivity contribution >= 4 is 23.2 Å². The highest BCUT2D eigenvalue weighted by molar-refractivity contribution is 6.29. The average molecular weight is 348 g/mol. The van der Waals surface area contributed by atoms with Crippen LogP contribution in [0.1, 0.15) is 42.6 Å². The van der Waals surface area contributed by atoms with Crippen LogP contribution in [0.5, 0.6) is 0 Å². The molecule has 7 heteroatoms. The van der Waals surface area contributed by atoms with Crippen LogP contribution in [-0.4, -0.2) is 62.5 Å². The molecule has 2 aromatic heterocycles. The zero-order valence-corrected chi connectivity index (χ0v) is 14.5. The quantitative estimate of drug-likeness (QED) is 0.837. The van der Waals surface area contributed by atoms with Crippen molar-refractivity contribution in [3.05, 3.63) is 29.2 Å². The molecule has 1 amide bonds. The maximum absolute atomic E-state index is 12.7. The van der Waals surface area contributed by atoms with Gasteiger partial charge in [0.05, 0.1) is 6.20 Å². The van der Waals surface area contributed by atoms with Gasteiger partial charge >= 0.3 is 0 Å². The second-order valence-electron chi connectivity index (χ2n) is 6.70. The minimum atomic E-state index is -0.00582. The van der Waals surface area contributed by atoms with Crippen LogP contribution < -0.4 is 0 Å².